The Kier molecular flexibility index (Phi) is 4.22. The van der Waals surface area contributed by atoms with E-state index in [4.69, 9.17) is 4.74 Å². The van der Waals surface area contributed by atoms with Crippen molar-refractivity contribution in [1.29, 1.82) is 5.26 Å². The highest BCUT2D eigenvalue weighted by atomic mass is 16.5. The van der Waals surface area contributed by atoms with Gasteiger partial charge in [0.25, 0.3) is 0 Å². The van der Waals surface area contributed by atoms with E-state index in [-0.39, 0.29) is 6.04 Å². The molecule has 1 fully saturated rings. The minimum Gasteiger partial charge on any atom is -0.496 e. The first-order valence-electron chi connectivity index (χ1n) is 6.54. The molecule has 0 aliphatic carbocycles. The molecule has 2 rings (SSSR count). The summed E-state index contributed by atoms with van der Waals surface area (Å²) in [5.74, 6) is 0.883. The van der Waals surface area contributed by atoms with Gasteiger partial charge in [-0.1, -0.05) is 12.5 Å². The summed E-state index contributed by atoms with van der Waals surface area (Å²) in [4.78, 5) is 2.28. The van der Waals surface area contributed by atoms with Crippen LogP contribution in [0.25, 0.3) is 0 Å². The van der Waals surface area contributed by atoms with Crippen LogP contribution in [0.2, 0.25) is 0 Å². The fraction of sp³-hybridized carbons (Fsp3) is 0.533. The van der Waals surface area contributed by atoms with Gasteiger partial charge in [-0.2, -0.15) is 5.26 Å². The Morgan fingerprint density at radius 2 is 2.00 bits per heavy atom. The molecule has 1 saturated heterocycles. The maximum Gasteiger partial charge on any atom is 0.123 e. The molecule has 1 aromatic carbocycles. The standard InChI is InChI=1S/C15H20N2O/c1-12-10-13(6-7-15(12)18-2)14(11-16)17-8-4-3-5-9-17/h6-7,10,14H,3-5,8-9H2,1-2H3. The maximum absolute atomic E-state index is 9.43. The van der Waals surface area contributed by atoms with E-state index in [9.17, 15) is 5.26 Å². The number of piperidine rings is 1. The predicted octanol–water partition coefficient (Wildman–Crippen LogP) is 3.05. The molecule has 1 unspecified atom stereocenters. The average Bonchev–Trinajstić information content (AvgIpc) is 2.41. The second-order valence-corrected chi connectivity index (χ2v) is 4.86. The van der Waals surface area contributed by atoms with Crippen molar-refractivity contribution in [3.05, 3.63) is 29.3 Å². The lowest BCUT2D eigenvalue weighted by Gasteiger charge is -2.30. The van der Waals surface area contributed by atoms with E-state index in [1.54, 1.807) is 7.11 Å². The zero-order chi connectivity index (χ0) is 13.0. The van der Waals surface area contributed by atoms with Crippen molar-refractivity contribution in [1.82, 2.24) is 4.90 Å². The normalized spacial score (nSPS) is 18.1. The molecule has 0 N–H and O–H groups in total. The first-order chi connectivity index (χ1) is 8.76. The molecule has 0 bridgehead atoms. The summed E-state index contributed by atoms with van der Waals surface area (Å²) >= 11 is 0. The molecule has 1 aromatic rings. The number of benzene rings is 1. The molecule has 1 aliphatic rings. The van der Waals surface area contributed by atoms with Crippen LogP contribution in [0.1, 0.15) is 36.4 Å². The van der Waals surface area contributed by atoms with E-state index in [0.29, 0.717) is 0 Å². The topological polar surface area (TPSA) is 36.3 Å². The van der Waals surface area contributed by atoms with Crippen LogP contribution >= 0.6 is 0 Å². The lowest BCUT2D eigenvalue weighted by molar-refractivity contribution is 0.196. The van der Waals surface area contributed by atoms with Gasteiger partial charge in [-0.3, -0.25) is 4.90 Å². The summed E-state index contributed by atoms with van der Waals surface area (Å²) in [5, 5.41) is 9.43. The lowest BCUT2D eigenvalue weighted by Crippen LogP contribution is -2.33. The number of rotatable bonds is 3. The Balaban J connectivity index is 2.22. The number of hydrogen-bond acceptors (Lipinski definition) is 3. The number of methoxy groups -OCH3 is 1. The third kappa shape index (κ3) is 2.65. The zero-order valence-corrected chi connectivity index (χ0v) is 11.1. The Hall–Kier alpha value is -1.53. The van der Waals surface area contributed by atoms with Crippen LogP contribution in [0.15, 0.2) is 18.2 Å². The number of hydrogen-bond donors (Lipinski definition) is 0. The van der Waals surface area contributed by atoms with E-state index in [2.05, 4.69) is 17.0 Å². The summed E-state index contributed by atoms with van der Waals surface area (Å²) in [7, 11) is 1.68. The van der Waals surface area contributed by atoms with Crippen molar-refractivity contribution >= 4 is 0 Å². The van der Waals surface area contributed by atoms with Gasteiger partial charge in [-0.15, -0.1) is 0 Å². The Morgan fingerprint density at radius 1 is 1.28 bits per heavy atom. The van der Waals surface area contributed by atoms with Crippen molar-refractivity contribution in [2.45, 2.75) is 32.2 Å². The smallest absolute Gasteiger partial charge is 0.123 e. The first-order valence-corrected chi connectivity index (χ1v) is 6.54. The minimum absolute atomic E-state index is 0.116. The molecule has 0 radical (unpaired) electrons. The molecule has 0 spiro atoms. The first kappa shape index (κ1) is 12.9. The van der Waals surface area contributed by atoms with Crippen LogP contribution in [-0.4, -0.2) is 25.1 Å². The van der Waals surface area contributed by atoms with Crippen molar-refractivity contribution in [2.75, 3.05) is 20.2 Å². The molecule has 3 heteroatoms. The molecule has 1 heterocycles. The van der Waals surface area contributed by atoms with E-state index >= 15 is 0 Å². The zero-order valence-electron chi connectivity index (χ0n) is 11.1. The van der Waals surface area contributed by atoms with Crippen molar-refractivity contribution in [3.8, 4) is 11.8 Å². The second kappa shape index (κ2) is 5.88. The van der Waals surface area contributed by atoms with Crippen LogP contribution in [0.3, 0.4) is 0 Å². The largest absolute Gasteiger partial charge is 0.496 e. The molecule has 96 valence electrons. The van der Waals surface area contributed by atoms with Gasteiger partial charge in [0.15, 0.2) is 0 Å². The third-order valence-corrected chi connectivity index (χ3v) is 3.61. The number of nitriles is 1. The minimum atomic E-state index is -0.116. The van der Waals surface area contributed by atoms with E-state index < -0.39 is 0 Å². The number of ether oxygens (including phenoxy) is 1. The highest BCUT2D eigenvalue weighted by molar-refractivity contribution is 5.38. The van der Waals surface area contributed by atoms with Gasteiger partial charge in [-0.05, 0) is 56.1 Å². The van der Waals surface area contributed by atoms with Crippen LogP contribution in [0, 0.1) is 18.3 Å². The molecular formula is C15H20N2O. The fourth-order valence-electron chi connectivity index (χ4n) is 2.62. The summed E-state index contributed by atoms with van der Waals surface area (Å²) < 4.78 is 5.26. The van der Waals surface area contributed by atoms with Crippen LogP contribution in [0.4, 0.5) is 0 Å². The quantitative estimate of drug-likeness (QED) is 0.820. The number of nitrogens with zero attached hydrogens (tertiary/aromatic N) is 2. The molecule has 1 atom stereocenters. The summed E-state index contributed by atoms with van der Waals surface area (Å²) in [5.41, 5.74) is 2.17. The molecule has 3 nitrogen and oxygen atoms in total. The van der Waals surface area contributed by atoms with Gasteiger partial charge < -0.3 is 4.74 Å². The summed E-state index contributed by atoms with van der Waals surface area (Å²) in [6, 6.07) is 8.36. The van der Waals surface area contributed by atoms with Gasteiger partial charge in [-0.25, -0.2) is 0 Å². The molecule has 0 amide bonds. The molecule has 1 aliphatic heterocycles. The highest BCUT2D eigenvalue weighted by Gasteiger charge is 2.22. The van der Waals surface area contributed by atoms with Crippen molar-refractivity contribution in [3.63, 3.8) is 0 Å². The van der Waals surface area contributed by atoms with Crippen molar-refractivity contribution < 1.29 is 4.74 Å². The van der Waals surface area contributed by atoms with E-state index in [1.165, 1.54) is 19.3 Å². The lowest BCUT2D eigenvalue weighted by atomic mass is 10.0. The number of likely N-dealkylation sites (tertiary alicyclic amines) is 1. The maximum atomic E-state index is 9.43. The fourth-order valence-corrected chi connectivity index (χ4v) is 2.62. The van der Waals surface area contributed by atoms with Crippen LogP contribution in [0.5, 0.6) is 5.75 Å². The van der Waals surface area contributed by atoms with Gasteiger partial charge in [0.2, 0.25) is 0 Å². The van der Waals surface area contributed by atoms with E-state index in [1.807, 2.05) is 19.1 Å². The monoisotopic (exact) mass is 244 g/mol. The Morgan fingerprint density at radius 3 is 2.56 bits per heavy atom. The Labute approximate surface area is 109 Å². The third-order valence-electron chi connectivity index (χ3n) is 3.61. The predicted molar refractivity (Wildman–Crippen MR) is 71.5 cm³/mol. The molecule has 18 heavy (non-hydrogen) atoms. The van der Waals surface area contributed by atoms with Crippen LogP contribution in [-0.2, 0) is 0 Å². The van der Waals surface area contributed by atoms with Gasteiger partial charge >= 0.3 is 0 Å². The Bertz CT molecular complexity index is 444. The summed E-state index contributed by atoms with van der Waals surface area (Å²) in [6.07, 6.45) is 3.69. The second-order valence-electron chi connectivity index (χ2n) is 4.86. The SMILES string of the molecule is COc1ccc(C(C#N)N2CCCCC2)cc1C. The molecule has 0 saturated carbocycles. The molecule has 0 aromatic heterocycles. The van der Waals surface area contributed by atoms with Crippen molar-refractivity contribution in [2.24, 2.45) is 0 Å². The number of aryl methyl sites for hydroxylation is 1. The summed E-state index contributed by atoms with van der Waals surface area (Å²) in [6.45, 7) is 4.08. The van der Waals surface area contributed by atoms with Gasteiger partial charge in [0.1, 0.15) is 11.8 Å². The average molecular weight is 244 g/mol. The van der Waals surface area contributed by atoms with Gasteiger partial charge in [0.05, 0.1) is 13.2 Å². The van der Waals surface area contributed by atoms with Crippen LogP contribution < -0.4 is 4.74 Å². The molecular weight excluding hydrogens is 224 g/mol. The highest BCUT2D eigenvalue weighted by Crippen LogP contribution is 2.27. The van der Waals surface area contributed by atoms with E-state index in [0.717, 1.165) is 30.0 Å². The van der Waals surface area contributed by atoms with Gasteiger partial charge in [0, 0.05) is 0 Å².